The average Bonchev–Trinajstić information content (AvgIpc) is 3.12. The van der Waals surface area contributed by atoms with E-state index in [1.54, 1.807) is 12.5 Å². The van der Waals surface area contributed by atoms with Crippen LogP contribution in [0.15, 0.2) is 66.1 Å². The van der Waals surface area contributed by atoms with Gasteiger partial charge in [0.2, 0.25) is 10.0 Å². The van der Waals surface area contributed by atoms with Crippen LogP contribution in [0.3, 0.4) is 0 Å². The predicted octanol–water partition coefficient (Wildman–Crippen LogP) is 3.21. The quantitative estimate of drug-likeness (QED) is 0.653. The maximum absolute atomic E-state index is 13.2. The van der Waals surface area contributed by atoms with Crippen LogP contribution in [0.25, 0.3) is 0 Å². The molecule has 10 heteroatoms. The van der Waals surface area contributed by atoms with Gasteiger partial charge in [-0.05, 0) is 29.3 Å². The van der Waals surface area contributed by atoms with Gasteiger partial charge < -0.3 is 9.88 Å². The second-order valence-corrected chi connectivity index (χ2v) is 7.69. The van der Waals surface area contributed by atoms with Crippen molar-refractivity contribution in [1.29, 1.82) is 0 Å². The van der Waals surface area contributed by atoms with Crippen molar-refractivity contribution < 1.29 is 21.6 Å². The van der Waals surface area contributed by atoms with Gasteiger partial charge in [0, 0.05) is 31.2 Å². The molecule has 0 amide bonds. The molecular formula is C18H17F3N4O2S. The third kappa shape index (κ3) is 4.90. The minimum atomic E-state index is -4.84. The van der Waals surface area contributed by atoms with Crippen LogP contribution < -0.4 is 10.5 Å². The highest BCUT2D eigenvalue weighted by molar-refractivity contribution is 7.89. The summed E-state index contributed by atoms with van der Waals surface area (Å²) in [5.41, 5.74) is 0.759. The second kappa shape index (κ2) is 7.64. The number of hydrogen-bond donors (Lipinski definition) is 2. The number of imidazole rings is 1. The van der Waals surface area contributed by atoms with Gasteiger partial charge in [-0.3, -0.25) is 0 Å². The summed E-state index contributed by atoms with van der Waals surface area (Å²) in [5, 5.41) is 7.74. The molecule has 1 heterocycles. The normalized spacial score (nSPS) is 12.1. The van der Waals surface area contributed by atoms with Gasteiger partial charge in [0.1, 0.15) is 0 Å². The molecule has 2 aromatic carbocycles. The zero-order valence-corrected chi connectivity index (χ0v) is 15.3. The van der Waals surface area contributed by atoms with Crippen LogP contribution in [0.1, 0.15) is 16.7 Å². The molecule has 0 aliphatic carbocycles. The Morgan fingerprint density at radius 2 is 1.75 bits per heavy atom. The van der Waals surface area contributed by atoms with Crippen LogP contribution >= 0.6 is 0 Å². The highest BCUT2D eigenvalue weighted by Crippen LogP contribution is 2.35. The number of alkyl halides is 3. The number of rotatable bonds is 6. The SMILES string of the molecule is NS(=O)(=O)c1ccc(NCc2ccc(Cn3ccnc3)cc2)cc1C(F)(F)F. The first kappa shape index (κ1) is 19.9. The Balaban J connectivity index is 1.72. The number of anilines is 1. The fraction of sp³-hybridized carbons (Fsp3) is 0.167. The number of primary sulfonamides is 1. The van der Waals surface area contributed by atoms with E-state index in [4.69, 9.17) is 5.14 Å². The molecule has 0 fully saturated rings. The molecule has 0 aliphatic rings. The minimum Gasteiger partial charge on any atom is -0.381 e. The minimum absolute atomic E-state index is 0.141. The molecule has 6 nitrogen and oxygen atoms in total. The van der Waals surface area contributed by atoms with Crippen LogP contribution in [0.5, 0.6) is 0 Å². The molecule has 0 atom stereocenters. The molecule has 0 bridgehead atoms. The lowest BCUT2D eigenvalue weighted by Crippen LogP contribution is -2.19. The number of aromatic nitrogens is 2. The Bertz CT molecular complexity index is 1050. The summed E-state index contributed by atoms with van der Waals surface area (Å²) >= 11 is 0. The first-order valence-electron chi connectivity index (χ1n) is 8.14. The molecule has 0 unspecified atom stereocenters. The molecule has 3 N–H and O–H groups in total. The van der Waals surface area contributed by atoms with Crippen molar-refractivity contribution in [2.45, 2.75) is 24.2 Å². The summed E-state index contributed by atoms with van der Waals surface area (Å²) in [4.78, 5) is 3.02. The lowest BCUT2D eigenvalue weighted by Gasteiger charge is -2.14. The molecule has 0 spiro atoms. The van der Waals surface area contributed by atoms with E-state index >= 15 is 0 Å². The van der Waals surface area contributed by atoms with Crippen molar-refractivity contribution in [2.75, 3.05) is 5.32 Å². The van der Waals surface area contributed by atoms with Crippen molar-refractivity contribution in [3.05, 3.63) is 77.9 Å². The highest BCUT2D eigenvalue weighted by Gasteiger charge is 2.36. The summed E-state index contributed by atoms with van der Waals surface area (Å²) in [5.74, 6) is 0. The Labute approximate surface area is 159 Å². The molecule has 0 aliphatic heterocycles. The third-order valence-corrected chi connectivity index (χ3v) is 5.00. The number of nitrogens with two attached hydrogens (primary N) is 1. The molecule has 148 valence electrons. The summed E-state index contributed by atoms with van der Waals surface area (Å²) in [6, 6.07) is 10.4. The second-order valence-electron chi connectivity index (χ2n) is 6.16. The van der Waals surface area contributed by atoms with E-state index in [9.17, 15) is 21.6 Å². The van der Waals surface area contributed by atoms with E-state index in [1.165, 1.54) is 6.07 Å². The third-order valence-electron chi connectivity index (χ3n) is 4.04. The van der Waals surface area contributed by atoms with E-state index < -0.39 is 26.7 Å². The van der Waals surface area contributed by atoms with Gasteiger partial charge in [0.05, 0.1) is 16.8 Å². The number of sulfonamides is 1. The Morgan fingerprint density at radius 1 is 1.07 bits per heavy atom. The summed E-state index contributed by atoms with van der Waals surface area (Å²) in [6.07, 6.45) is 0.404. The first-order chi connectivity index (χ1) is 13.1. The van der Waals surface area contributed by atoms with Gasteiger partial charge in [-0.15, -0.1) is 0 Å². The van der Waals surface area contributed by atoms with Gasteiger partial charge in [-0.25, -0.2) is 18.5 Å². The van der Waals surface area contributed by atoms with Crippen molar-refractivity contribution in [3.8, 4) is 0 Å². The van der Waals surface area contributed by atoms with Crippen LogP contribution in [0.2, 0.25) is 0 Å². The van der Waals surface area contributed by atoms with Gasteiger partial charge in [-0.2, -0.15) is 13.2 Å². The maximum Gasteiger partial charge on any atom is 0.417 e. The van der Waals surface area contributed by atoms with Crippen molar-refractivity contribution in [2.24, 2.45) is 5.14 Å². The lowest BCUT2D eigenvalue weighted by molar-refractivity contribution is -0.139. The van der Waals surface area contributed by atoms with E-state index in [-0.39, 0.29) is 12.2 Å². The molecule has 0 saturated heterocycles. The van der Waals surface area contributed by atoms with Crippen molar-refractivity contribution in [3.63, 3.8) is 0 Å². The Kier molecular flexibility index (Phi) is 5.43. The van der Waals surface area contributed by atoms with Crippen molar-refractivity contribution in [1.82, 2.24) is 9.55 Å². The first-order valence-corrected chi connectivity index (χ1v) is 9.69. The highest BCUT2D eigenvalue weighted by atomic mass is 32.2. The van der Waals surface area contributed by atoms with Gasteiger partial charge in [-0.1, -0.05) is 24.3 Å². The fourth-order valence-electron chi connectivity index (χ4n) is 2.67. The number of nitrogens with zero attached hydrogens (tertiary/aromatic N) is 2. The van der Waals surface area contributed by atoms with Gasteiger partial charge >= 0.3 is 6.18 Å². The number of benzene rings is 2. The maximum atomic E-state index is 13.2. The van der Waals surface area contributed by atoms with E-state index in [0.717, 1.165) is 23.3 Å². The van der Waals surface area contributed by atoms with Crippen molar-refractivity contribution >= 4 is 15.7 Å². The average molecular weight is 410 g/mol. The molecule has 0 radical (unpaired) electrons. The van der Waals surface area contributed by atoms with Crippen LogP contribution in [0, 0.1) is 0 Å². The number of halogens is 3. The molecule has 28 heavy (non-hydrogen) atoms. The van der Waals surface area contributed by atoms with E-state index in [0.29, 0.717) is 6.54 Å². The van der Waals surface area contributed by atoms with Crippen LogP contribution in [-0.4, -0.2) is 18.0 Å². The smallest absolute Gasteiger partial charge is 0.381 e. The van der Waals surface area contributed by atoms with E-state index in [1.807, 2.05) is 35.0 Å². The summed E-state index contributed by atoms with van der Waals surface area (Å²) in [6.45, 7) is 0.940. The monoisotopic (exact) mass is 410 g/mol. The lowest BCUT2D eigenvalue weighted by atomic mass is 10.1. The summed E-state index contributed by atoms with van der Waals surface area (Å²) < 4.78 is 64.2. The van der Waals surface area contributed by atoms with Gasteiger partial charge in [0.25, 0.3) is 0 Å². The standard InChI is InChI=1S/C18H17F3N4O2S/c19-18(20,21)16-9-15(5-6-17(16)28(22,26)27)24-10-13-1-3-14(4-2-13)11-25-8-7-23-12-25/h1-9,12,24H,10-11H2,(H2,22,26,27). The zero-order valence-electron chi connectivity index (χ0n) is 14.5. The fourth-order valence-corrected chi connectivity index (χ4v) is 3.41. The number of hydrogen-bond acceptors (Lipinski definition) is 4. The Morgan fingerprint density at radius 3 is 2.32 bits per heavy atom. The van der Waals surface area contributed by atoms with Crippen LogP contribution in [-0.2, 0) is 29.3 Å². The largest absolute Gasteiger partial charge is 0.417 e. The zero-order chi connectivity index (χ0) is 20.4. The topological polar surface area (TPSA) is 90.0 Å². The molecule has 0 saturated carbocycles. The van der Waals surface area contributed by atoms with E-state index in [2.05, 4.69) is 10.3 Å². The van der Waals surface area contributed by atoms with Gasteiger partial charge in [0.15, 0.2) is 0 Å². The molecule has 3 aromatic rings. The molecule has 1 aromatic heterocycles. The Hall–Kier alpha value is -2.85. The molecular weight excluding hydrogens is 393 g/mol. The summed E-state index contributed by atoms with van der Waals surface area (Å²) in [7, 11) is -4.48. The number of nitrogens with one attached hydrogen (secondary N) is 1. The van der Waals surface area contributed by atoms with Crippen LogP contribution in [0.4, 0.5) is 18.9 Å². The molecule has 3 rings (SSSR count). The predicted molar refractivity (Wildman–Crippen MR) is 97.9 cm³/mol.